The molecule has 2 heteroatoms. The van der Waals surface area contributed by atoms with E-state index in [-0.39, 0.29) is 12.4 Å². The molecule has 0 saturated heterocycles. The molecule has 11 heavy (non-hydrogen) atoms. The zero-order valence-corrected chi connectivity index (χ0v) is 7.11. The Balaban J connectivity index is 0.000000605. The molecule has 0 atom stereocenters. The molecule has 58 valence electrons. The van der Waals surface area contributed by atoms with Gasteiger partial charge in [-0.1, -0.05) is 18.2 Å². The maximum absolute atomic E-state index is 3.26. The molecule has 1 N–H and O–H groups in total. The second-order valence-corrected chi connectivity index (χ2v) is 2.54. The van der Waals surface area contributed by atoms with Crippen LogP contribution in [0.5, 0.6) is 0 Å². The molecule has 0 fully saturated rings. The molecule has 0 saturated carbocycles. The summed E-state index contributed by atoms with van der Waals surface area (Å²) in [5.41, 5.74) is 2.45. The highest BCUT2D eigenvalue weighted by Gasteiger charge is 1.92. The summed E-state index contributed by atoms with van der Waals surface area (Å²) >= 11 is 0. The number of aromatic amines is 1. The van der Waals surface area contributed by atoms with Gasteiger partial charge in [-0.25, -0.2) is 0 Å². The molecule has 2 aromatic rings. The molecule has 0 amide bonds. The van der Waals surface area contributed by atoms with Crippen LogP contribution in [0.1, 0.15) is 5.69 Å². The average molecular weight is 168 g/mol. The zero-order valence-electron chi connectivity index (χ0n) is 6.29. The van der Waals surface area contributed by atoms with E-state index >= 15 is 0 Å². The number of fused-ring (bicyclic) bond motifs is 1. The molecule has 0 aliphatic heterocycles. The van der Waals surface area contributed by atoms with Gasteiger partial charge in [0.1, 0.15) is 0 Å². The highest BCUT2D eigenvalue weighted by molar-refractivity contribution is 5.85. The lowest BCUT2D eigenvalue weighted by atomic mass is 10.2. The normalized spacial score (nSPS) is 9.55. The monoisotopic (exact) mass is 167 g/mol. The fourth-order valence-electron chi connectivity index (χ4n) is 1.22. The molecule has 0 bridgehead atoms. The molecular formula is C9H10ClN. The lowest BCUT2D eigenvalue weighted by Gasteiger charge is -1.83. The maximum Gasteiger partial charge on any atom is 0.0455 e. The Hall–Kier alpha value is -0.950. The fourth-order valence-corrected chi connectivity index (χ4v) is 1.22. The lowest BCUT2D eigenvalue weighted by molar-refractivity contribution is 1.30. The molecule has 1 aromatic carbocycles. The molecule has 0 aliphatic carbocycles. The van der Waals surface area contributed by atoms with Gasteiger partial charge in [-0.3, -0.25) is 0 Å². The van der Waals surface area contributed by atoms with Crippen LogP contribution in [0.25, 0.3) is 10.9 Å². The Labute approximate surface area is 71.8 Å². The van der Waals surface area contributed by atoms with E-state index < -0.39 is 0 Å². The summed E-state index contributed by atoms with van der Waals surface area (Å²) in [5.74, 6) is 0. The number of H-pyrrole nitrogens is 1. The van der Waals surface area contributed by atoms with E-state index in [1.54, 1.807) is 0 Å². The van der Waals surface area contributed by atoms with Gasteiger partial charge in [0.25, 0.3) is 0 Å². The summed E-state index contributed by atoms with van der Waals surface area (Å²) in [6, 6.07) is 10.4. The standard InChI is InChI=1S/C9H9N.ClH/c1-7-6-8-4-2-3-5-9(8)10-7;/h2-6,10H,1H3;1H. The van der Waals surface area contributed by atoms with Gasteiger partial charge in [0.15, 0.2) is 0 Å². The summed E-state index contributed by atoms with van der Waals surface area (Å²) in [4.78, 5) is 3.26. The van der Waals surface area contributed by atoms with Gasteiger partial charge in [0, 0.05) is 11.2 Å². The molecule has 1 heterocycles. The maximum atomic E-state index is 3.26. The lowest BCUT2D eigenvalue weighted by Crippen LogP contribution is -1.65. The number of hydrogen-bond acceptors (Lipinski definition) is 0. The van der Waals surface area contributed by atoms with E-state index in [0.717, 1.165) is 0 Å². The van der Waals surface area contributed by atoms with Crippen LogP contribution in [-0.4, -0.2) is 4.98 Å². The zero-order chi connectivity index (χ0) is 6.97. The molecule has 0 unspecified atom stereocenters. The van der Waals surface area contributed by atoms with Crippen LogP contribution in [0.3, 0.4) is 0 Å². The first-order chi connectivity index (χ1) is 4.86. The first-order valence-electron chi connectivity index (χ1n) is 3.40. The highest BCUT2D eigenvalue weighted by Crippen LogP contribution is 2.12. The van der Waals surface area contributed by atoms with Gasteiger partial charge in [-0.15, -0.1) is 12.4 Å². The van der Waals surface area contributed by atoms with Crippen molar-refractivity contribution in [2.45, 2.75) is 6.92 Å². The molecule has 2 rings (SSSR count). The van der Waals surface area contributed by atoms with Gasteiger partial charge in [-0.05, 0) is 24.4 Å². The van der Waals surface area contributed by atoms with Crippen molar-refractivity contribution >= 4 is 23.3 Å². The SMILES string of the molecule is Cc1cc2ccccc2[nH]1.Cl. The smallest absolute Gasteiger partial charge is 0.0455 e. The summed E-state index contributed by atoms with van der Waals surface area (Å²) in [6.07, 6.45) is 0. The van der Waals surface area contributed by atoms with E-state index in [0.29, 0.717) is 0 Å². The minimum absolute atomic E-state index is 0. The quantitative estimate of drug-likeness (QED) is 0.621. The predicted molar refractivity (Wildman–Crippen MR) is 50.3 cm³/mol. The second-order valence-electron chi connectivity index (χ2n) is 2.54. The minimum Gasteiger partial charge on any atom is -0.359 e. The molecule has 1 nitrogen and oxygen atoms in total. The van der Waals surface area contributed by atoms with Crippen molar-refractivity contribution in [3.63, 3.8) is 0 Å². The van der Waals surface area contributed by atoms with Crippen LogP contribution < -0.4 is 0 Å². The Morgan fingerprint density at radius 3 is 2.64 bits per heavy atom. The number of halogens is 1. The molecule has 1 aromatic heterocycles. The summed E-state index contributed by atoms with van der Waals surface area (Å²) < 4.78 is 0. The number of nitrogens with one attached hydrogen (secondary N) is 1. The largest absolute Gasteiger partial charge is 0.359 e. The Bertz CT molecular complexity index is 318. The van der Waals surface area contributed by atoms with Crippen molar-refractivity contribution in [1.29, 1.82) is 0 Å². The average Bonchev–Trinajstić information content (AvgIpc) is 2.27. The van der Waals surface area contributed by atoms with Crippen molar-refractivity contribution in [3.05, 3.63) is 36.0 Å². The summed E-state index contributed by atoms with van der Waals surface area (Å²) in [6.45, 7) is 2.07. The van der Waals surface area contributed by atoms with E-state index in [2.05, 4.69) is 36.2 Å². The fraction of sp³-hybridized carbons (Fsp3) is 0.111. The van der Waals surface area contributed by atoms with Gasteiger partial charge < -0.3 is 4.98 Å². The van der Waals surface area contributed by atoms with Gasteiger partial charge in [0.2, 0.25) is 0 Å². The topological polar surface area (TPSA) is 15.8 Å². The molecular weight excluding hydrogens is 158 g/mol. The van der Waals surface area contributed by atoms with E-state index in [1.165, 1.54) is 16.6 Å². The van der Waals surface area contributed by atoms with E-state index in [1.807, 2.05) is 6.07 Å². The van der Waals surface area contributed by atoms with Gasteiger partial charge in [-0.2, -0.15) is 0 Å². The van der Waals surface area contributed by atoms with Crippen LogP contribution in [-0.2, 0) is 0 Å². The van der Waals surface area contributed by atoms with Crippen molar-refractivity contribution in [2.75, 3.05) is 0 Å². The molecule has 0 radical (unpaired) electrons. The number of hydrogen-bond donors (Lipinski definition) is 1. The Morgan fingerprint density at radius 2 is 1.91 bits per heavy atom. The number of para-hydroxylation sites is 1. The number of rotatable bonds is 0. The van der Waals surface area contributed by atoms with Gasteiger partial charge >= 0.3 is 0 Å². The highest BCUT2D eigenvalue weighted by atomic mass is 35.5. The van der Waals surface area contributed by atoms with Crippen molar-refractivity contribution in [3.8, 4) is 0 Å². The van der Waals surface area contributed by atoms with E-state index in [9.17, 15) is 0 Å². The van der Waals surface area contributed by atoms with Crippen molar-refractivity contribution < 1.29 is 0 Å². The first kappa shape index (κ1) is 8.15. The molecule has 0 aliphatic rings. The van der Waals surface area contributed by atoms with E-state index in [4.69, 9.17) is 0 Å². The molecule has 0 spiro atoms. The first-order valence-corrected chi connectivity index (χ1v) is 3.40. The summed E-state index contributed by atoms with van der Waals surface area (Å²) in [5, 5.41) is 1.29. The van der Waals surface area contributed by atoms with Crippen LogP contribution in [0.15, 0.2) is 30.3 Å². The predicted octanol–water partition coefficient (Wildman–Crippen LogP) is 2.90. The number of aromatic nitrogens is 1. The minimum atomic E-state index is 0. The number of aryl methyl sites for hydroxylation is 1. The van der Waals surface area contributed by atoms with Crippen LogP contribution in [0, 0.1) is 6.92 Å². The third-order valence-corrected chi connectivity index (χ3v) is 1.66. The van der Waals surface area contributed by atoms with Gasteiger partial charge in [0.05, 0.1) is 0 Å². The van der Waals surface area contributed by atoms with Crippen LogP contribution in [0.2, 0.25) is 0 Å². The third kappa shape index (κ3) is 1.38. The second kappa shape index (κ2) is 2.97. The Kier molecular flexibility index (Phi) is 2.20. The third-order valence-electron chi connectivity index (χ3n) is 1.66. The van der Waals surface area contributed by atoms with Crippen molar-refractivity contribution in [2.24, 2.45) is 0 Å². The van der Waals surface area contributed by atoms with Crippen LogP contribution in [0.4, 0.5) is 0 Å². The van der Waals surface area contributed by atoms with Crippen molar-refractivity contribution in [1.82, 2.24) is 4.98 Å². The Morgan fingerprint density at radius 1 is 1.18 bits per heavy atom. The van der Waals surface area contributed by atoms with Crippen LogP contribution >= 0.6 is 12.4 Å². The summed E-state index contributed by atoms with van der Waals surface area (Å²) in [7, 11) is 0. The number of benzene rings is 1.